The summed E-state index contributed by atoms with van der Waals surface area (Å²) in [5.41, 5.74) is 2.64. The number of Topliss-reactive ketones (excluding diaryl/α,β-unsaturated/α-hetero) is 1. The molecule has 0 fully saturated rings. The van der Waals surface area contributed by atoms with E-state index in [1.165, 1.54) is 0 Å². The number of thiol groups is 1. The van der Waals surface area contributed by atoms with Gasteiger partial charge in [-0.15, -0.1) is 12.6 Å². The second-order valence-corrected chi connectivity index (χ2v) is 7.83. The molecule has 6 heteroatoms. The Balaban J connectivity index is 2.18. The molecular formula is C20H22N2O3S. The van der Waals surface area contributed by atoms with Crippen molar-refractivity contribution in [3.8, 4) is 17.6 Å². The molecule has 136 valence electrons. The summed E-state index contributed by atoms with van der Waals surface area (Å²) in [6.45, 7) is 4.15. The van der Waals surface area contributed by atoms with E-state index in [1.54, 1.807) is 20.3 Å². The third kappa shape index (κ3) is 3.08. The largest absolute Gasteiger partial charge is 0.493 e. The number of nitrogens with zero attached hydrogens (tertiary/aromatic N) is 1. The molecule has 1 aromatic carbocycles. The highest BCUT2D eigenvalue weighted by molar-refractivity contribution is 7.84. The molecule has 0 amide bonds. The zero-order valence-corrected chi connectivity index (χ0v) is 16.2. The van der Waals surface area contributed by atoms with Crippen LogP contribution >= 0.6 is 12.6 Å². The van der Waals surface area contributed by atoms with E-state index in [2.05, 4.69) is 37.9 Å². The molecule has 1 aliphatic heterocycles. The first kappa shape index (κ1) is 18.4. The molecule has 1 unspecified atom stereocenters. The van der Waals surface area contributed by atoms with E-state index in [4.69, 9.17) is 9.47 Å². The fourth-order valence-electron chi connectivity index (χ4n) is 3.76. The number of dihydropyridines is 1. The highest BCUT2D eigenvalue weighted by Crippen LogP contribution is 2.47. The molecule has 1 aliphatic carbocycles. The summed E-state index contributed by atoms with van der Waals surface area (Å²) in [6, 6.07) is 7.71. The predicted octanol–water partition coefficient (Wildman–Crippen LogP) is 3.70. The lowest BCUT2D eigenvalue weighted by Crippen LogP contribution is -2.36. The number of ether oxygens (including phenoxy) is 2. The minimum atomic E-state index is -0.452. The SMILES string of the molecule is COc1ccc(C2C(C#N)=C(S)NC3=C2C(=O)CC(C)(C)C3)cc1OC. The Morgan fingerprint density at radius 3 is 2.54 bits per heavy atom. The molecule has 0 radical (unpaired) electrons. The van der Waals surface area contributed by atoms with Crippen molar-refractivity contribution in [3.63, 3.8) is 0 Å². The monoisotopic (exact) mass is 370 g/mol. The second-order valence-electron chi connectivity index (χ2n) is 7.38. The molecule has 0 saturated heterocycles. The first-order valence-corrected chi connectivity index (χ1v) is 8.84. The lowest BCUT2D eigenvalue weighted by molar-refractivity contribution is -0.118. The van der Waals surface area contributed by atoms with Crippen molar-refractivity contribution in [1.29, 1.82) is 5.26 Å². The Bertz CT molecular complexity index is 878. The van der Waals surface area contributed by atoms with Crippen LogP contribution in [0.5, 0.6) is 11.5 Å². The smallest absolute Gasteiger partial charge is 0.162 e. The second kappa shape index (κ2) is 6.73. The number of carbonyl (C=O) groups is 1. The van der Waals surface area contributed by atoms with Gasteiger partial charge in [-0.2, -0.15) is 5.26 Å². The van der Waals surface area contributed by atoms with Crippen LogP contribution in [0.2, 0.25) is 0 Å². The fourth-order valence-corrected chi connectivity index (χ4v) is 4.07. The Kier molecular flexibility index (Phi) is 4.76. The molecule has 0 bridgehead atoms. The molecular weight excluding hydrogens is 348 g/mol. The summed E-state index contributed by atoms with van der Waals surface area (Å²) < 4.78 is 10.7. The minimum Gasteiger partial charge on any atom is -0.493 e. The maximum atomic E-state index is 13.0. The van der Waals surface area contributed by atoms with Gasteiger partial charge in [-0.05, 0) is 29.5 Å². The van der Waals surface area contributed by atoms with Gasteiger partial charge in [-0.1, -0.05) is 19.9 Å². The highest BCUT2D eigenvalue weighted by atomic mass is 32.1. The van der Waals surface area contributed by atoms with Crippen molar-refractivity contribution in [2.45, 2.75) is 32.6 Å². The summed E-state index contributed by atoms with van der Waals surface area (Å²) in [5.74, 6) is 0.778. The number of benzene rings is 1. The van der Waals surface area contributed by atoms with Crippen LogP contribution in [0.25, 0.3) is 0 Å². The Morgan fingerprint density at radius 2 is 1.92 bits per heavy atom. The average Bonchev–Trinajstić information content (AvgIpc) is 2.58. The van der Waals surface area contributed by atoms with Gasteiger partial charge in [0, 0.05) is 17.7 Å². The van der Waals surface area contributed by atoms with Crippen molar-refractivity contribution >= 4 is 18.4 Å². The Morgan fingerprint density at radius 1 is 1.23 bits per heavy atom. The molecule has 1 atom stereocenters. The maximum absolute atomic E-state index is 13.0. The van der Waals surface area contributed by atoms with Crippen molar-refractivity contribution in [1.82, 2.24) is 5.32 Å². The summed E-state index contributed by atoms with van der Waals surface area (Å²) in [5, 5.41) is 13.4. The Labute approximate surface area is 159 Å². The molecule has 0 spiro atoms. The molecule has 1 aromatic rings. The molecule has 26 heavy (non-hydrogen) atoms. The molecule has 5 nitrogen and oxygen atoms in total. The van der Waals surface area contributed by atoms with E-state index in [0.29, 0.717) is 34.1 Å². The van der Waals surface area contributed by atoms with E-state index >= 15 is 0 Å². The van der Waals surface area contributed by atoms with Gasteiger partial charge in [0.1, 0.15) is 0 Å². The van der Waals surface area contributed by atoms with Crippen LogP contribution in [0.3, 0.4) is 0 Å². The number of rotatable bonds is 3. The topological polar surface area (TPSA) is 71.3 Å². The van der Waals surface area contributed by atoms with E-state index < -0.39 is 5.92 Å². The molecule has 1 N–H and O–H groups in total. The standard InChI is InChI=1S/C20H22N2O3S/c1-20(2)8-13-18(14(23)9-20)17(12(10-21)19(26)22-13)11-5-6-15(24-3)16(7-11)25-4/h5-7,17,22,26H,8-9H2,1-4H3. The lowest BCUT2D eigenvalue weighted by Gasteiger charge is -2.38. The van der Waals surface area contributed by atoms with E-state index in [9.17, 15) is 10.1 Å². The maximum Gasteiger partial charge on any atom is 0.162 e. The Hall–Kier alpha value is -2.39. The van der Waals surface area contributed by atoms with Gasteiger partial charge in [0.2, 0.25) is 0 Å². The van der Waals surface area contributed by atoms with Gasteiger partial charge in [0.15, 0.2) is 17.3 Å². The van der Waals surface area contributed by atoms with Crippen LogP contribution in [-0.4, -0.2) is 20.0 Å². The van der Waals surface area contributed by atoms with Crippen molar-refractivity contribution in [2.75, 3.05) is 14.2 Å². The molecule has 2 aliphatic rings. The summed E-state index contributed by atoms with van der Waals surface area (Å²) >= 11 is 4.48. The van der Waals surface area contributed by atoms with Gasteiger partial charge in [-0.3, -0.25) is 4.79 Å². The number of carbonyl (C=O) groups excluding carboxylic acids is 1. The number of hydrogen-bond acceptors (Lipinski definition) is 6. The number of hydrogen-bond donors (Lipinski definition) is 2. The predicted molar refractivity (Wildman–Crippen MR) is 102 cm³/mol. The van der Waals surface area contributed by atoms with E-state index in [0.717, 1.165) is 17.7 Å². The molecule has 0 aromatic heterocycles. The van der Waals surface area contributed by atoms with E-state index in [-0.39, 0.29) is 11.2 Å². The van der Waals surface area contributed by atoms with Crippen LogP contribution < -0.4 is 14.8 Å². The third-order valence-electron chi connectivity index (χ3n) is 4.88. The van der Waals surface area contributed by atoms with Crippen LogP contribution in [-0.2, 0) is 4.79 Å². The van der Waals surface area contributed by atoms with Crippen LogP contribution in [0.4, 0.5) is 0 Å². The van der Waals surface area contributed by atoms with Crippen molar-refractivity contribution in [3.05, 3.63) is 45.6 Å². The van der Waals surface area contributed by atoms with E-state index in [1.807, 2.05) is 12.1 Å². The van der Waals surface area contributed by atoms with Crippen LogP contribution in [0, 0.1) is 16.7 Å². The normalized spacial score (nSPS) is 21.7. The summed E-state index contributed by atoms with van der Waals surface area (Å²) in [4.78, 5) is 13.0. The first-order valence-electron chi connectivity index (χ1n) is 8.39. The number of methoxy groups -OCH3 is 2. The first-order chi connectivity index (χ1) is 12.3. The quantitative estimate of drug-likeness (QED) is 0.794. The number of ketones is 1. The fraction of sp³-hybridized carbons (Fsp3) is 0.400. The highest BCUT2D eigenvalue weighted by Gasteiger charge is 2.41. The van der Waals surface area contributed by atoms with Gasteiger partial charge in [0.25, 0.3) is 0 Å². The zero-order chi connectivity index (χ0) is 19.1. The van der Waals surface area contributed by atoms with Crippen molar-refractivity contribution in [2.24, 2.45) is 5.41 Å². The molecule has 0 saturated carbocycles. The molecule has 1 heterocycles. The minimum absolute atomic E-state index is 0.0668. The van der Waals surface area contributed by atoms with Crippen molar-refractivity contribution < 1.29 is 14.3 Å². The van der Waals surface area contributed by atoms with Crippen LogP contribution in [0.1, 0.15) is 38.2 Å². The van der Waals surface area contributed by atoms with Gasteiger partial charge in [-0.25, -0.2) is 0 Å². The number of nitrogens with one attached hydrogen (secondary N) is 1. The number of nitriles is 1. The number of allylic oxidation sites excluding steroid dienone is 3. The van der Waals surface area contributed by atoms with Gasteiger partial charge in [0.05, 0.1) is 36.8 Å². The third-order valence-corrected chi connectivity index (χ3v) is 5.24. The zero-order valence-electron chi connectivity index (χ0n) is 15.3. The average molecular weight is 370 g/mol. The lowest BCUT2D eigenvalue weighted by atomic mass is 9.69. The summed E-state index contributed by atoms with van der Waals surface area (Å²) in [6.07, 6.45) is 1.19. The van der Waals surface area contributed by atoms with Crippen LogP contribution in [0.15, 0.2) is 40.1 Å². The summed E-state index contributed by atoms with van der Waals surface area (Å²) in [7, 11) is 3.13. The van der Waals surface area contributed by atoms with Gasteiger partial charge < -0.3 is 14.8 Å². The van der Waals surface area contributed by atoms with Gasteiger partial charge >= 0.3 is 0 Å². The molecule has 3 rings (SSSR count).